The quantitative estimate of drug-likeness (QED) is 0.517. The summed E-state index contributed by atoms with van der Waals surface area (Å²) in [4.78, 5) is 12.9. The van der Waals surface area contributed by atoms with Crippen LogP contribution in [0.15, 0.2) is 24.3 Å². The topological polar surface area (TPSA) is 64.3 Å². The van der Waals surface area contributed by atoms with Crippen LogP contribution in [-0.4, -0.2) is 5.91 Å². The van der Waals surface area contributed by atoms with Gasteiger partial charge in [0.05, 0.1) is 4.88 Å². The third-order valence-electron chi connectivity index (χ3n) is 2.91. The number of nitrogens with one attached hydrogen (secondary N) is 1. The van der Waals surface area contributed by atoms with E-state index in [1.165, 1.54) is 23.5 Å². The molecule has 2 aromatic rings. The van der Waals surface area contributed by atoms with E-state index in [0.29, 0.717) is 10.6 Å². The van der Waals surface area contributed by atoms with E-state index in [4.69, 9.17) is 10.6 Å². The molecule has 3 N–H and O–H groups in total. The van der Waals surface area contributed by atoms with Crippen molar-refractivity contribution in [3.63, 3.8) is 0 Å². The van der Waals surface area contributed by atoms with Gasteiger partial charge >= 0.3 is 0 Å². The van der Waals surface area contributed by atoms with Crippen molar-refractivity contribution in [1.82, 2.24) is 5.43 Å². The number of amides is 1. The van der Waals surface area contributed by atoms with Crippen molar-refractivity contribution in [1.29, 1.82) is 0 Å². The molecule has 4 nitrogen and oxygen atoms in total. The Hall–Kier alpha value is -1.92. The van der Waals surface area contributed by atoms with Crippen LogP contribution in [-0.2, 0) is 6.61 Å². The molecule has 0 bridgehead atoms. The highest BCUT2D eigenvalue weighted by atomic mass is 32.1. The molecule has 0 aliphatic rings. The zero-order chi connectivity index (χ0) is 14.7. The van der Waals surface area contributed by atoms with Gasteiger partial charge in [0.1, 0.15) is 18.2 Å². The molecule has 0 spiro atoms. The summed E-state index contributed by atoms with van der Waals surface area (Å²) in [6.07, 6.45) is 0. The number of nitrogen functional groups attached to an aromatic ring is 1. The molecule has 2 rings (SSSR count). The number of rotatable bonds is 4. The molecule has 6 heteroatoms. The van der Waals surface area contributed by atoms with Crippen LogP contribution in [0.25, 0.3) is 0 Å². The van der Waals surface area contributed by atoms with Gasteiger partial charge in [0, 0.05) is 16.5 Å². The minimum Gasteiger partial charge on any atom is -0.488 e. The first-order chi connectivity index (χ1) is 9.51. The van der Waals surface area contributed by atoms with Gasteiger partial charge in [-0.3, -0.25) is 10.2 Å². The lowest BCUT2D eigenvalue weighted by atomic mass is 10.2. The Labute approximate surface area is 120 Å². The third-order valence-corrected chi connectivity index (χ3v) is 4.00. The number of hydrogen-bond donors (Lipinski definition) is 2. The predicted octanol–water partition coefficient (Wildman–Crippen LogP) is 2.69. The molecule has 1 aromatic heterocycles. The molecular weight excluding hydrogens is 279 g/mol. The number of aryl methyl sites for hydroxylation is 2. The number of hydrazine groups is 1. The summed E-state index contributed by atoms with van der Waals surface area (Å²) in [6.45, 7) is 4.03. The number of hydrogen-bond acceptors (Lipinski definition) is 4. The first kappa shape index (κ1) is 14.5. The molecule has 0 unspecified atom stereocenters. The van der Waals surface area contributed by atoms with E-state index in [1.807, 2.05) is 13.8 Å². The summed E-state index contributed by atoms with van der Waals surface area (Å²) in [5, 5.41) is 0. The standard InChI is InChI=1S/C14H15FN2O2S/c1-8-3-4-11(15)6-12(8)19-7-10-5-13(14(18)17-16)20-9(10)2/h3-6H,7,16H2,1-2H3,(H,17,18). The monoisotopic (exact) mass is 294 g/mol. The molecule has 106 valence electrons. The van der Waals surface area contributed by atoms with Crippen molar-refractivity contribution in [2.24, 2.45) is 5.84 Å². The molecule has 1 aromatic carbocycles. The van der Waals surface area contributed by atoms with Crippen molar-refractivity contribution in [2.75, 3.05) is 0 Å². The Morgan fingerprint density at radius 1 is 1.40 bits per heavy atom. The molecule has 0 radical (unpaired) electrons. The molecule has 0 atom stereocenters. The van der Waals surface area contributed by atoms with Gasteiger partial charge in [-0.1, -0.05) is 6.07 Å². The van der Waals surface area contributed by atoms with Crippen LogP contribution in [0, 0.1) is 19.7 Å². The van der Waals surface area contributed by atoms with E-state index in [-0.39, 0.29) is 18.3 Å². The number of benzene rings is 1. The number of nitrogens with two attached hydrogens (primary N) is 1. The molecule has 20 heavy (non-hydrogen) atoms. The number of carbonyl (C=O) groups excluding carboxylic acids is 1. The van der Waals surface area contributed by atoms with Crippen LogP contribution in [0.3, 0.4) is 0 Å². The number of halogens is 1. The highest BCUT2D eigenvalue weighted by Crippen LogP contribution is 2.25. The lowest BCUT2D eigenvalue weighted by Gasteiger charge is -2.08. The number of ether oxygens (including phenoxy) is 1. The van der Waals surface area contributed by atoms with Gasteiger partial charge in [-0.25, -0.2) is 10.2 Å². The summed E-state index contributed by atoms with van der Waals surface area (Å²) >= 11 is 1.34. The predicted molar refractivity (Wildman–Crippen MR) is 76.2 cm³/mol. The summed E-state index contributed by atoms with van der Waals surface area (Å²) in [6, 6.07) is 6.14. The molecule has 0 aliphatic heterocycles. The molecule has 0 aliphatic carbocycles. The van der Waals surface area contributed by atoms with Gasteiger partial charge in [-0.2, -0.15) is 0 Å². The van der Waals surface area contributed by atoms with Gasteiger partial charge in [0.25, 0.3) is 5.91 Å². The van der Waals surface area contributed by atoms with Crippen LogP contribution in [0.4, 0.5) is 4.39 Å². The van der Waals surface area contributed by atoms with Gasteiger partial charge in [0.15, 0.2) is 0 Å². The third kappa shape index (κ3) is 3.15. The Morgan fingerprint density at radius 3 is 2.85 bits per heavy atom. The smallest absolute Gasteiger partial charge is 0.275 e. The van der Waals surface area contributed by atoms with E-state index in [9.17, 15) is 9.18 Å². The van der Waals surface area contributed by atoms with E-state index >= 15 is 0 Å². The average molecular weight is 294 g/mol. The molecule has 0 saturated heterocycles. The number of carbonyl (C=O) groups is 1. The zero-order valence-corrected chi connectivity index (χ0v) is 12.0. The van der Waals surface area contributed by atoms with E-state index in [1.54, 1.807) is 12.1 Å². The largest absolute Gasteiger partial charge is 0.488 e. The van der Waals surface area contributed by atoms with Crippen molar-refractivity contribution >= 4 is 17.2 Å². The molecule has 0 fully saturated rings. The molecule has 1 heterocycles. The first-order valence-electron chi connectivity index (χ1n) is 6.00. The fourth-order valence-corrected chi connectivity index (χ4v) is 2.66. The van der Waals surface area contributed by atoms with Gasteiger partial charge < -0.3 is 4.74 Å². The van der Waals surface area contributed by atoms with Gasteiger partial charge in [-0.05, 0) is 31.5 Å². The van der Waals surface area contributed by atoms with E-state index in [2.05, 4.69) is 5.43 Å². The molecular formula is C14H15FN2O2S. The molecule has 1 amide bonds. The normalized spacial score (nSPS) is 10.4. The average Bonchev–Trinajstić information content (AvgIpc) is 2.80. The van der Waals surface area contributed by atoms with Crippen molar-refractivity contribution < 1.29 is 13.9 Å². The van der Waals surface area contributed by atoms with E-state index in [0.717, 1.165) is 16.0 Å². The highest BCUT2D eigenvalue weighted by Gasteiger charge is 2.12. The molecule has 0 saturated carbocycles. The summed E-state index contributed by atoms with van der Waals surface area (Å²) in [5.41, 5.74) is 3.84. The Bertz CT molecular complexity index is 640. The summed E-state index contributed by atoms with van der Waals surface area (Å²) in [5.74, 6) is 4.93. The summed E-state index contributed by atoms with van der Waals surface area (Å²) < 4.78 is 18.8. The minimum atomic E-state index is -0.337. The minimum absolute atomic E-state index is 0.282. The second kappa shape index (κ2) is 6.02. The van der Waals surface area contributed by atoms with Crippen molar-refractivity contribution in [3.8, 4) is 5.75 Å². The van der Waals surface area contributed by atoms with Gasteiger partial charge in [-0.15, -0.1) is 11.3 Å². The van der Waals surface area contributed by atoms with Crippen LogP contribution < -0.4 is 16.0 Å². The van der Waals surface area contributed by atoms with Crippen molar-refractivity contribution in [3.05, 3.63) is 51.0 Å². The fourth-order valence-electron chi connectivity index (χ4n) is 1.73. The second-order valence-electron chi connectivity index (χ2n) is 4.36. The number of thiophene rings is 1. The maximum absolute atomic E-state index is 13.2. The summed E-state index contributed by atoms with van der Waals surface area (Å²) in [7, 11) is 0. The zero-order valence-electron chi connectivity index (χ0n) is 11.2. The van der Waals surface area contributed by atoms with Crippen LogP contribution >= 0.6 is 11.3 Å². The lowest BCUT2D eigenvalue weighted by molar-refractivity contribution is 0.0957. The Morgan fingerprint density at radius 2 is 2.15 bits per heavy atom. The maximum atomic E-state index is 13.2. The van der Waals surface area contributed by atoms with Crippen LogP contribution in [0.5, 0.6) is 5.75 Å². The van der Waals surface area contributed by atoms with Crippen LogP contribution in [0.1, 0.15) is 25.7 Å². The first-order valence-corrected chi connectivity index (χ1v) is 6.82. The highest BCUT2D eigenvalue weighted by molar-refractivity contribution is 7.14. The van der Waals surface area contributed by atoms with Crippen molar-refractivity contribution in [2.45, 2.75) is 20.5 Å². The van der Waals surface area contributed by atoms with Gasteiger partial charge in [0.2, 0.25) is 0 Å². The second-order valence-corrected chi connectivity index (χ2v) is 5.62. The SMILES string of the molecule is Cc1ccc(F)cc1OCc1cc(C(=O)NN)sc1C. The fraction of sp³-hybridized carbons (Fsp3) is 0.214. The van der Waals surface area contributed by atoms with Crippen LogP contribution in [0.2, 0.25) is 0 Å². The van der Waals surface area contributed by atoms with E-state index < -0.39 is 0 Å². The Kier molecular flexibility index (Phi) is 4.36. The lowest BCUT2D eigenvalue weighted by Crippen LogP contribution is -2.29. The Balaban J connectivity index is 2.13. The maximum Gasteiger partial charge on any atom is 0.275 e.